The number of nitrogens with one attached hydrogen (secondary N) is 1. The summed E-state index contributed by atoms with van der Waals surface area (Å²) in [7, 11) is 0. The third kappa shape index (κ3) is 3.64. The van der Waals surface area contributed by atoms with Crippen LogP contribution in [0.15, 0.2) is 53.3 Å². The first kappa shape index (κ1) is 14.2. The second-order valence-electron chi connectivity index (χ2n) is 4.66. The molecule has 0 saturated carbocycles. The van der Waals surface area contributed by atoms with Crippen LogP contribution in [0.4, 0.5) is 0 Å². The molecule has 2 atom stereocenters. The second-order valence-corrected chi connectivity index (χ2v) is 5.58. The maximum atomic E-state index is 4.09. The van der Waals surface area contributed by atoms with Crippen LogP contribution < -0.4 is 5.32 Å². The van der Waals surface area contributed by atoms with Crippen molar-refractivity contribution in [2.75, 3.05) is 6.54 Å². The molecule has 0 aliphatic carbocycles. The Hall–Kier alpha value is -1.19. The van der Waals surface area contributed by atoms with E-state index in [-0.39, 0.29) is 0 Å². The smallest absolute Gasteiger partial charge is 0.0387 e. The van der Waals surface area contributed by atoms with Crippen molar-refractivity contribution in [1.82, 2.24) is 10.3 Å². The van der Waals surface area contributed by atoms with E-state index in [1.165, 1.54) is 11.1 Å². The Morgan fingerprint density at radius 1 is 1.16 bits per heavy atom. The number of benzene rings is 1. The second kappa shape index (κ2) is 6.83. The molecule has 2 nitrogen and oxygen atoms in total. The van der Waals surface area contributed by atoms with Gasteiger partial charge in [0.1, 0.15) is 0 Å². The standard InChI is InChI=1S/C16H19BrN2/c1-3-19-16(14-5-4-6-15(17)11-14)12(2)13-7-9-18-10-8-13/h4-12,16,19H,3H2,1-2H3. The SMILES string of the molecule is CCNC(c1cccc(Br)c1)C(C)c1ccncc1. The predicted molar refractivity (Wildman–Crippen MR) is 83.2 cm³/mol. The Morgan fingerprint density at radius 2 is 1.89 bits per heavy atom. The first-order valence-corrected chi connectivity index (χ1v) is 7.40. The molecule has 3 heteroatoms. The van der Waals surface area contributed by atoms with Gasteiger partial charge in [0.15, 0.2) is 0 Å². The van der Waals surface area contributed by atoms with E-state index >= 15 is 0 Å². The topological polar surface area (TPSA) is 24.9 Å². The highest BCUT2D eigenvalue weighted by Crippen LogP contribution is 2.31. The van der Waals surface area contributed by atoms with Gasteiger partial charge in [0.25, 0.3) is 0 Å². The molecule has 1 N–H and O–H groups in total. The van der Waals surface area contributed by atoms with Crippen molar-refractivity contribution in [2.24, 2.45) is 0 Å². The quantitative estimate of drug-likeness (QED) is 0.889. The van der Waals surface area contributed by atoms with Gasteiger partial charge in [-0.15, -0.1) is 0 Å². The summed E-state index contributed by atoms with van der Waals surface area (Å²) in [6.07, 6.45) is 3.71. The molecule has 2 unspecified atom stereocenters. The van der Waals surface area contributed by atoms with Gasteiger partial charge in [0.05, 0.1) is 0 Å². The number of likely N-dealkylation sites (N-methyl/N-ethyl adjacent to an activating group) is 1. The molecule has 1 aromatic heterocycles. The number of nitrogens with zero attached hydrogens (tertiary/aromatic N) is 1. The first-order chi connectivity index (χ1) is 9.22. The highest BCUT2D eigenvalue weighted by Gasteiger charge is 2.19. The summed E-state index contributed by atoms with van der Waals surface area (Å²) in [6, 6.07) is 13.0. The van der Waals surface area contributed by atoms with E-state index in [0.717, 1.165) is 11.0 Å². The molecule has 1 heterocycles. The molecule has 100 valence electrons. The van der Waals surface area contributed by atoms with E-state index in [9.17, 15) is 0 Å². The third-order valence-corrected chi connectivity index (χ3v) is 3.86. The molecule has 0 fully saturated rings. The molecule has 0 radical (unpaired) electrons. The lowest BCUT2D eigenvalue weighted by Crippen LogP contribution is -2.25. The molecule has 0 bridgehead atoms. The first-order valence-electron chi connectivity index (χ1n) is 6.61. The zero-order valence-corrected chi connectivity index (χ0v) is 12.9. The van der Waals surface area contributed by atoms with Gasteiger partial charge in [-0.1, -0.05) is 41.9 Å². The third-order valence-electron chi connectivity index (χ3n) is 3.36. The van der Waals surface area contributed by atoms with Crippen molar-refractivity contribution < 1.29 is 0 Å². The van der Waals surface area contributed by atoms with Gasteiger partial charge in [-0.05, 0) is 41.9 Å². The Bertz CT molecular complexity index is 513. The summed E-state index contributed by atoms with van der Waals surface area (Å²) in [5, 5.41) is 3.58. The Balaban J connectivity index is 2.30. The van der Waals surface area contributed by atoms with Gasteiger partial charge in [0, 0.05) is 28.8 Å². The summed E-state index contributed by atoms with van der Waals surface area (Å²) >= 11 is 3.55. The molecular formula is C16H19BrN2. The van der Waals surface area contributed by atoms with Crippen LogP contribution in [0.25, 0.3) is 0 Å². The van der Waals surface area contributed by atoms with E-state index in [0.29, 0.717) is 12.0 Å². The van der Waals surface area contributed by atoms with E-state index in [4.69, 9.17) is 0 Å². The van der Waals surface area contributed by atoms with E-state index in [1.54, 1.807) is 0 Å². The highest BCUT2D eigenvalue weighted by molar-refractivity contribution is 9.10. The van der Waals surface area contributed by atoms with Gasteiger partial charge >= 0.3 is 0 Å². The van der Waals surface area contributed by atoms with Crippen LogP contribution in [-0.2, 0) is 0 Å². The van der Waals surface area contributed by atoms with Gasteiger partial charge in [-0.3, -0.25) is 4.98 Å². The number of halogens is 1. The summed E-state index contributed by atoms with van der Waals surface area (Å²) in [6.45, 7) is 5.35. The maximum Gasteiger partial charge on any atom is 0.0387 e. The molecule has 19 heavy (non-hydrogen) atoms. The number of hydrogen-bond acceptors (Lipinski definition) is 2. The van der Waals surface area contributed by atoms with Crippen LogP contribution in [0.5, 0.6) is 0 Å². The van der Waals surface area contributed by atoms with Crippen molar-refractivity contribution in [3.8, 4) is 0 Å². The molecule has 1 aromatic carbocycles. The minimum atomic E-state index is 0.310. The van der Waals surface area contributed by atoms with Crippen LogP contribution in [-0.4, -0.2) is 11.5 Å². The molecule has 0 saturated heterocycles. The van der Waals surface area contributed by atoms with Gasteiger partial charge in [-0.2, -0.15) is 0 Å². The minimum absolute atomic E-state index is 0.310. The maximum absolute atomic E-state index is 4.09. The molecule has 2 aromatic rings. The van der Waals surface area contributed by atoms with Crippen LogP contribution in [0.2, 0.25) is 0 Å². The normalized spacial score (nSPS) is 14.1. The van der Waals surface area contributed by atoms with Crippen LogP contribution >= 0.6 is 15.9 Å². The van der Waals surface area contributed by atoms with Gasteiger partial charge < -0.3 is 5.32 Å². The average molecular weight is 319 g/mol. The van der Waals surface area contributed by atoms with Crippen LogP contribution in [0.3, 0.4) is 0 Å². The Labute approximate surface area is 123 Å². The van der Waals surface area contributed by atoms with Crippen molar-refractivity contribution in [3.05, 3.63) is 64.4 Å². The highest BCUT2D eigenvalue weighted by atomic mass is 79.9. The lowest BCUT2D eigenvalue weighted by molar-refractivity contribution is 0.479. The molecule has 0 aliphatic heterocycles. The fourth-order valence-corrected chi connectivity index (χ4v) is 2.78. The fraction of sp³-hybridized carbons (Fsp3) is 0.312. The number of hydrogen-bond donors (Lipinski definition) is 1. The lowest BCUT2D eigenvalue weighted by Gasteiger charge is -2.26. The largest absolute Gasteiger partial charge is 0.310 e. The molecule has 2 rings (SSSR count). The van der Waals surface area contributed by atoms with E-state index < -0.39 is 0 Å². The van der Waals surface area contributed by atoms with E-state index in [2.05, 4.69) is 76.5 Å². The van der Waals surface area contributed by atoms with Crippen LogP contribution in [0, 0.1) is 0 Å². The summed E-state index contributed by atoms with van der Waals surface area (Å²) in [5.74, 6) is 0.400. The predicted octanol–water partition coefficient (Wildman–Crippen LogP) is 4.30. The van der Waals surface area contributed by atoms with Crippen molar-refractivity contribution in [1.29, 1.82) is 0 Å². The summed E-state index contributed by atoms with van der Waals surface area (Å²) in [5.41, 5.74) is 2.61. The van der Waals surface area contributed by atoms with Gasteiger partial charge in [-0.25, -0.2) is 0 Å². The van der Waals surface area contributed by atoms with E-state index in [1.807, 2.05) is 12.4 Å². The molecule has 0 spiro atoms. The number of pyridine rings is 1. The molecular weight excluding hydrogens is 300 g/mol. The fourth-order valence-electron chi connectivity index (χ4n) is 2.36. The Kier molecular flexibility index (Phi) is 5.11. The van der Waals surface area contributed by atoms with Crippen molar-refractivity contribution in [3.63, 3.8) is 0 Å². The van der Waals surface area contributed by atoms with Crippen molar-refractivity contribution >= 4 is 15.9 Å². The van der Waals surface area contributed by atoms with Crippen LogP contribution in [0.1, 0.15) is 36.9 Å². The summed E-state index contributed by atoms with van der Waals surface area (Å²) in [4.78, 5) is 4.09. The van der Waals surface area contributed by atoms with Crippen molar-refractivity contribution in [2.45, 2.75) is 25.8 Å². The number of aromatic nitrogens is 1. The lowest BCUT2D eigenvalue weighted by atomic mass is 9.89. The average Bonchev–Trinajstić information content (AvgIpc) is 2.45. The molecule has 0 aliphatic rings. The Morgan fingerprint density at radius 3 is 2.53 bits per heavy atom. The minimum Gasteiger partial charge on any atom is -0.310 e. The molecule has 0 amide bonds. The van der Waals surface area contributed by atoms with Gasteiger partial charge in [0.2, 0.25) is 0 Å². The zero-order valence-electron chi connectivity index (χ0n) is 11.3. The monoisotopic (exact) mass is 318 g/mol. The zero-order chi connectivity index (χ0) is 13.7. The summed E-state index contributed by atoms with van der Waals surface area (Å²) < 4.78 is 1.12. The number of rotatable bonds is 5.